The first kappa shape index (κ1) is 15.3. The minimum atomic E-state index is -0.122. The lowest BCUT2D eigenvalue weighted by molar-refractivity contribution is -0.0743. The number of hydrogen-bond acceptors (Lipinski definition) is 2. The lowest BCUT2D eigenvalue weighted by atomic mass is 9.68. The van der Waals surface area contributed by atoms with E-state index in [9.17, 15) is 5.11 Å². The van der Waals surface area contributed by atoms with Gasteiger partial charge < -0.3 is 10.0 Å². The fraction of sp³-hybridized carbons (Fsp3) is 1.00. The molecule has 2 heteroatoms. The van der Waals surface area contributed by atoms with Crippen LogP contribution in [0.4, 0.5) is 0 Å². The van der Waals surface area contributed by atoms with Gasteiger partial charge in [0.25, 0.3) is 0 Å². The largest absolute Gasteiger partial charge is 0.391 e. The monoisotopic (exact) mass is 267 g/mol. The van der Waals surface area contributed by atoms with E-state index in [4.69, 9.17) is 0 Å². The Morgan fingerprint density at radius 1 is 1.00 bits per heavy atom. The Kier molecular flexibility index (Phi) is 5.30. The Morgan fingerprint density at radius 2 is 1.63 bits per heavy atom. The summed E-state index contributed by atoms with van der Waals surface area (Å²) in [7, 11) is 4.36. The van der Waals surface area contributed by atoms with Crippen LogP contribution in [0.1, 0.15) is 71.1 Å². The zero-order valence-electron chi connectivity index (χ0n) is 13.2. The molecular formula is C17H33NO. The fourth-order valence-corrected chi connectivity index (χ4v) is 4.57. The molecule has 2 nitrogen and oxygen atoms in total. The SMILES string of the molecule is CC1CCCC(C(O)C2CCCCCC2)(N(C)C)C1. The third-order valence-electron chi connectivity index (χ3n) is 5.80. The molecule has 2 saturated carbocycles. The van der Waals surface area contributed by atoms with Crippen LogP contribution in [0.25, 0.3) is 0 Å². The molecule has 0 aromatic carbocycles. The van der Waals surface area contributed by atoms with Crippen molar-refractivity contribution in [1.29, 1.82) is 0 Å². The highest BCUT2D eigenvalue weighted by Gasteiger charge is 2.45. The maximum atomic E-state index is 11.1. The van der Waals surface area contributed by atoms with E-state index in [-0.39, 0.29) is 11.6 Å². The minimum Gasteiger partial charge on any atom is -0.391 e. The molecule has 0 bridgehead atoms. The predicted octanol–water partition coefficient (Wildman–Crippen LogP) is 3.83. The zero-order valence-corrected chi connectivity index (χ0v) is 13.2. The molecule has 0 aliphatic heterocycles. The summed E-state index contributed by atoms with van der Waals surface area (Å²) in [6, 6.07) is 0. The van der Waals surface area contributed by atoms with Gasteiger partial charge in [-0.3, -0.25) is 0 Å². The summed E-state index contributed by atoms with van der Waals surface area (Å²) in [5.41, 5.74) is 0.0483. The molecule has 2 fully saturated rings. The molecule has 0 aromatic rings. The smallest absolute Gasteiger partial charge is 0.0751 e. The summed E-state index contributed by atoms with van der Waals surface area (Å²) >= 11 is 0. The van der Waals surface area contributed by atoms with Crippen molar-refractivity contribution in [2.24, 2.45) is 11.8 Å². The van der Waals surface area contributed by atoms with E-state index in [1.807, 2.05) is 0 Å². The Morgan fingerprint density at radius 3 is 2.16 bits per heavy atom. The van der Waals surface area contributed by atoms with Crippen LogP contribution < -0.4 is 0 Å². The second-order valence-electron chi connectivity index (χ2n) is 7.40. The van der Waals surface area contributed by atoms with Crippen molar-refractivity contribution in [3.63, 3.8) is 0 Å². The Hall–Kier alpha value is -0.0800. The van der Waals surface area contributed by atoms with E-state index < -0.39 is 0 Å². The first-order chi connectivity index (χ1) is 9.06. The average Bonchev–Trinajstić information content (AvgIpc) is 2.66. The van der Waals surface area contributed by atoms with Gasteiger partial charge in [0.1, 0.15) is 0 Å². The molecule has 0 radical (unpaired) electrons. The van der Waals surface area contributed by atoms with Gasteiger partial charge in [0.15, 0.2) is 0 Å². The van der Waals surface area contributed by atoms with Crippen LogP contribution in [-0.2, 0) is 0 Å². The van der Waals surface area contributed by atoms with Gasteiger partial charge in [0.2, 0.25) is 0 Å². The van der Waals surface area contributed by atoms with Crippen molar-refractivity contribution >= 4 is 0 Å². The summed E-state index contributed by atoms with van der Waals surface area (Å²) in [5.74, 6) is 1.30. The molecule has 0 heterocycles. The second-order valence-corrected chi connectivity index (χ2v) is 7.40. The summed E-state index contributed by atoms with van der Waals surface area (Å²) in [6.07, 6.45) is 12.7. The summed E-state index contributed by atoms with van der Waals surface area (Å²) in [4.78, 5) is 2.35. The standard InChI is InChI=1S/C17H33NO/c1-14-9-8-12-17(13-14,18(2)3)16(19)15-10-6-4-5-7-11-15/h14-16,19H,4-13H2,1-3H3. The topological polar surface area (TPSA) is 23.5 Å². The van der Waals surface area contributed by atoms with Gasteiger partial charge in [-0.05, 0) is 51.6 Å². The van der Waals surface area contributed by atoms with Crippen molar-refractivity contribution < 1.29 is 5.11 Å². The highest BCUT2D eigenvalue weighted by Crippen LogP contribution is 2.42. The molecule has 0 aromatic heterocycles. The molecule has 3 atom stereocenters. The number of nitrogens with zero attached hydrogens (tertiary/aromatic N) is 1. The number of likely N-dealkylation sites (N-methyl/N-ethyl adjacent to an activating group) is 1. The van der Waals surface area contributed by atoms with E-state index in [0.717, 1.165) is 5.92 Å². The van der Waals surface area contributed by atoms with E-state index in [0.29, 0.717) is 5.92 Å². The summed E-state index contributed by atoms with van der Waals surface area (Å²) in [6.45, 7) is 2.36. The summed E-state index contributed by atoms with van der Waals surface area (Å²) < 4.78 is 0. The normalized spacial score (nSPS) is 36.2. The lowest BCUT2D eigenvalue weighted by Gasteiger charge is -2.50. The molecule has 2 rings (SSSR count). The molecular weight excluding hydrogens is 234 g/mol. The molecule has 2 aliphatic rings. The highest BCUT2D eigenvalue weighted by molar-refractivity contribution is 5.00. The number of hydrogen-bond donors (Lipinski definition) is 1. The molecule has 0 amide bonds. The van der Waals surface area contributed by atoms with Crippen LogP contribution in [-0.4, -0.2) is 35.7 Å². The quantitative estimate of drug-likeness (QED) is 0.786. The van der Waals surface area contributed by atoms with E-state index in [1.165, 1.54) is 64.2 Å². The van der Waals surface area contributed by atoms with Gasteiger partial charge in [-0.25, -0.2) is 0 Å². The van der Waals surface area contributed by atoms with Crippen molar-refractivity contribution in [2.75, 3.05) is 14.1 Å². The van der Waals surface area contributed by atoms with Crippen LogP contribution in [0.3, 0.4) is 0 Å². The molecule has 19 heavy (non-hydrogen) atoms. The van der Waals surface area contributed by atoms with E-state index in [2.05, 4.69) is 25.9 Å². The lowest BCUT2D eigenvalue weighted by Crippen LogP contribution is -2.58. The first-order valence-corrected chi connectivity index (χ1v) is 8.42. The molecule has 112 valence electrons. The van der Waals surface area contributed by atoms with Gasteiger partial charge in [-0.2, -0.15) is 0 Å². The molecule has 3 unspecified atom stereocenters. The zero-order chi connectivity index (χ0) is 13.9. The van der Waals surface area contributed by atoms with Crippen molar-refractivity contribution in [3.05, 3.63) is 0 Å². The number of rotatable bonds is 3. The molecule has 2 aliphatic carbocycles. The fourth-order valence-electron chi connectivity index (χ4n) is 4.57. The molecule has 1 N–H and O–H groups in total. The predicted molar refractivity (Wildman–Crippen MR) is 81.2 cm³/mol. The Bertz CT molecular complexity index is 270. The van der Waals surface area contributed by atoms with Gasteiger partial charge in [-0.15, -0.1) is 0 Å². The van der Waals surface area contributed by atoms with Crippen LogP contribution in [0.15, 0.2) is 0 Å². The van der Waals surface area contributed by atoms with Crippen LogP contribution in [0.5, 0.6) is 0 Å². The third kappa shape index (κ3) is 3.33. The van der Waals surface area contributed by atoms with Crippen LogP contribution in [0.2, 0.25) is 0 Å². The third-order valence-corrected chi connectivity index (χ3v) is 5.80. The van der Waals surface area contributed by atoms with E-state index in [1.54, 1.807) is 0 Å². The summed E-state index contributed by atoms with van der Waals surface area (Å²) in [5, 5.41) is 11.1. The maximum Gasteiger partial charge on any atom is 0.0751 e. The second kappa shape index (κ2) is 6.58. The van der Waals surface area contributed by atoms with E-state index >= 15 is 0 Å². The van der Waals surface area contributed by atoms with Gasteiger partial charge in [0, 0.05) is 5.54 Å². The van der Waals surface area contributed by atoms with Gasteiger partial charge >= 0.3 is 0 Å². The first-order valence-electron chi connectivity index (χ1n) is 8.42. The van der Waals surface area contributed by atoms with Crippen LogP contribution >= 0.6 is 0 Å². The van der Waals surface area contributed by atoms with Gasteiger partial charge in [0.05, 0.1) is 6.10 Å². The molecule has 0 saturated heterocycles. The number of aliphatic hydroxyl groups excluding tert-OH is 1. The van der Waals surface area contributed by atoms with Gasteiger partial charge in [-0.1, -0.05) is 45.4 Å². The minimum absolute atomic E-state index is 0.0483. The Labute approximate surface area is 119 Å². The van der Waals surface area contributed by atoms with Crippen LogP contribution in [0, 0.1) is 11.8 Å². The molecule has 0 spiro atoms. The van der Waals surface area contributed by atoms with Crippen molar-refractivity contribution in [1.82, 2.24) is 4.90 Å². The van der Waals surface area contributed by atoms with Crippen molar-refractivity contribution in [3.8, 4) is 0 Å². The Balaban J connectivity index is 2.12. The average molecular weight is 267 g/mol. The van der Waals surface area contributed by atoms with Crippen molar-refractivity contribution in [2.45, 2.75) is 82.8 Å². The number of aliphatic hydroxyl groups is 1. The maximum absolute atomic E-state index is 11.1. The highest BCUT2D eigenvalue weighted by atomic mass is 16.3.